The molecular formula is C19H16N2O5. The standard InChI is InChI=1S/C19H16N2O5/c1-26-18(25)19(15(22)12-7-3-2-4-8-12)11-20(19)21-16(23)13-9-5-6-10-14(13)17(21)24/h2-10,15,22H,11H2,1H3. The van der Waals surface area contributed by atoms with Crippen LogP contribution in [0, 0.1) is 0 Å². The van der Waals surface area contributed by atoms with Gasteiger partial charge in [0.25, 0.3) is 11.8 Å². The number of nitrogens with zero attached hydrogens (tertiary/aromatic N) is 2. The minimum Gasteiger partial charge on any atom is -0.467 e. The Bertz CT molecular complexity index is 878. The van der Waals surface area contributed by atoms with Crippen LogP contribution in [0.15, 0.2) is 54.6 Å². The van der Waals surface area contributed by atoms with Crippen molar-refractivity contribution < 1.29 is 24.2 Å². The lowest BCUT2D eigenvalue weighted by Crippen LogP contribution is -2.45. The summed E-state index contributed by atoms with van der Waals surface area (Å²) >= 11 is 0. The minimum absolute atomic E-state index is 0.00119. The highest BCUT2D eigenvalue weighted by atomic mass is 16.5. The fourth-order valence-electron chi connectivity index (χ4n) is 3.43. The van der Waals surface area contributed by atoms with Crippen LogP contribution in [0.25, 0.3) is 0 Å². The van der Waals surface area contributed by atoms with Crippen LogP contribution >= 0.6 is 0 Å². The Balaban J connectivity index is 1.72. The largest absolute Gasteiger partial charge is 0.467 e. The first-order valence-corrected chi connectivity index (χ1v) is 8.09. The third-order valence-corrected chi connectivity index (χ3v) is 4.87. The highest BCUT2D eigenvalue weighted by molar-refractivity contribution is 6.21. The number of hydrogen-bond donors (Lipinski definition) is 1. The predicted octanol–water partition coefficient (Wildman–Crippen LogP) is 1.16. The molecule has 1 N–H and O–H groups in total. The van der Waals surface area contributed by atoms with E-state index in [0.717, 1.165) is 5.01 Å². The molecular weight excluding hydrogens is 336 g/mol. The van der Waals surface area contributed by atoms with Gasteiger partial charge in [-0.15, -0.1) is 0 Å². The second-order valence-electron chi connectivity index (χ2n) is 6.25. The van der Waals surface area contributed by atoms with Gasteiger partial charge in [-0.2, -0.15) is 5.01 Å². The van der Waals surface area contributed by atoms with Crippen LogP contribution in [-0.4, -0.2) is 52.1 Å². The number of carbonyl (C=O) groups excluding carboxylic acids is 3. The molecule has 3 unspecified atom stereocenters. The van der Waals surface area contributed by atoms with Crippen molar-refractivity contribution in [1.29, 1.82) is 0 Å². The van der Waals surface area contributed by atoms with Gasteiger partial charge in [0.2, 0.25) is 0 Å². The third kappa shape index (κ3) is 2.11. The molecule has 2 amide bonds. The van der Waals surface area contributed by atoms with E-state index in [-0.39, 0.29) is 17.7 Å². The molecule has 4 rings (SSSR count). The van der Waals surface area contributed by atoms with Crippen molar-refractivity contribution in [1.82, 2.24) is 10.0 Å². The van der Waals surface area contributed by atoms with Crippen LogP contribution in [0.3, 0.4) is 0 Å². The Hall–Kier alpha value is -3.03. The van der Waals surface area contributed by atoms with E-state index in [9.17, 15) is 19.5 Å². The van der Waals surface area contributed by atoms with Crippen LogP contribution in [0.1, 0.15) is 32.4 Å². The quantitative estimate of drug-likeness (QED) is 0.505. The van der Waals surface area contributed by atoms with E-state index in [1.165, 1.54) is 12.1 Å². The van der Waals surface area contributed by atoms with Crippen LogP contribution in [0.5, 0.6) is 0 Å². The normalized spacial score (nSPS) is 25.0. The fraction of sp³-hybridized carbons (Fsp3) is 0.211. The van der Waals surface area contributed by atoms with Crippen molar-refractivity contribution in [2.24, 2.45) is 0 Å². The summed E-state index contributed by atoms with van der Waals surface area (Å²) < 4.78 is 4.87. The number of hydrazine groups is 1. The fourth-order valence-corrected chi connectivity index (χ4v) is 3.43. The summed E-state index contributed by atoms with van der Waals surface area (Å²) in [6.45, 7) is 0.00119. The first kappa shape index (κ1) is 16.4. The van der Waals surface area contributed by atoms with Gasteiger partial charge in [0.1, 0.15) is 6.10 Å². The van der Waals surface area contributed by atoms with Crippen LogP contribution < -0.4 is 0 Å². The summed E-state index contributed by atoms with van der Waals surface area (Å²) in [6, 6.07) is 15.1. The number of esters is 1. The molecule has 2 aliphatic heterocycles. The van der Waals surface area contributed by atoms with Gasteiger partial charge >= 0.3 is 5.97 Å². The predicted molar refractivity (Wildman–Crippen MR) is 89.8 cm³/mol. The van der Waals surface area contributed by atoms with Gasteiger partial charge in [0, 0.05) is 0 Å². The lowest BCUT2D eigenvalue weighted by atomic mass is 9.95. The van der Waals surface area contributed by atoms with Crippen molar-refractivity contribution in [3.8, 4) is 0 Å². The summed E-state index contributed by atoms with van der Waals surface area (Å²) in [6.07, 6.45) is -1.25. The first-order valence-electron chi connectivity index (χ1n) is 8.09. The highest BCUT2D eigenvalue weighted by Crippen LogP contribution is 2.47. The molecule has 132 valence electrons. The molecule has 0 aliphatic carbocycles. The van der Waals surface area contributed by atoms with Gasteiger partial charge in [-0.05, 0) is 17.7 Å². The van der Waals surface area contributed by atoms with E-state index in [2.05, 4.69) is 0 Å². The maximum absolute atomic E-state index is 12.7. The minimum atomic E-state index is -1.51. The third-order valence-electron chi connectivity index (χ3n) is 4.87. The number of imide groups is 1. The molecule has 0 bridgehead atoms. The number of ether oxygens (including phenoxy) is 1. The Labute approximate surface area is 149 Å². The van der Waals surface area contributed by atoms with Gasteiger partial charge in [-0.25, -0.2) is 9.80 Å². The van der Waals surface area contributed by atoms with E-state index in [1.54, 1.807) is 54.6 Å². The van der Waals surface area contributed by atoms with Crippen LogP contribution in [-0.2, 0) is 9.53 Å². The van der Waals surface area contributed by atoms with E-state index in [4.69, 9.17) is 4.74 Å². The van der Waals surface area contributed by atoms with Gasteiger partial charge in [0.15, 0.2) is 5.54 Å². The first-order chi connectivity index (χ1) is 12.5. The highest BCUT2D eigenvalue weighted by Gasteiger charge is 2.69. The zero-order valence-corrected chi connectivity index (χ0v) is 14.0. The second-order valence-corrected chi connectivity index (χ2v) is 6.25. The monoisotopic (exact) mass is 352 g/mol. The topological polar surface area (TPSA) is 86.9 Å². The van der Waals surface area contributed by atoms with E-state index in [0.29, 0.717) is 5.56 Å². The Kier molecular flexibility index (Phi) is 3.64. The number of amides is 2. The molecule has 0 spiro atoms. The summed E-state index contributed by atoms with van der Waals surface area (Å²) in [5.74, 6) is -1.74. The average Bonchev–Trinajstić information content (AvgIpc) is 3.37. The van der Waals surface area contributed by atoms with E-state index in [1.807, 2.05) is 0 Å². The molecule has 7 nitrogen and oxygen atoms in total. The maximum atomic E-state index is 12.7. The number of fused-ring (bicyclic) bond motifs is 1. The summed E-state index contributed by atoms with van der Waals surface area (Å²) in [5, 5.41) is 13.0. The number of benzene rings is 2. The molecule has 1 saturated heterocycles. The Morgan fingerprint density at radius 1 is 1.04 bits per heavy atom. The molecule has 0 radical (unpaired) electrons. The van der Waals surface area contributed by atoms with Gasteiger partial charge < -0.3 is 9.84 Å². The van der Waals surface area contributed by atoms with Gasteiger partial charge in [0.05, 0.1) is 24.8 Å². The summed E-state index contributed by atoms with van der Waals surface area (Å²) in [4.78, 5) is 37.8. The van der Waals surface area contributed by atoms with E-state index >= 15 is 0 Å². The Morgan fingerprint density at radius 2 is 1.58 bits per heavy atom. The number of carbonyl (C=O) groups is 3. The zero-order valence-electron chi connectivity index (χ0n) is 14.0. The summed E-state index contributed by atoms with van der Waals surface area (Å²) in [5.41, 5.74) is -0.463. The molecule has 0 saturated carbocycles. The molecule has 0 aromatic heterocycles. The van der Waals surface area contributed by atoms with Crippen molar-refractivity contribution in [2.45, 2.75) is 11.6 Å². The number of aliphatic hydroxyl groups excluding tert-OH is 1. The van der Waals surface area contributed by atoms with Crippen LogP contribution in [0.2, 0.25) is 0 Å². The van der Waals surface area contributed by atoms with E-state index < -0.39 is 29.4 Å². The number of rotatable bonds is 4. The Morgan fingerprint density at radius 3 is 2.12 bits per heavy atom. The molecule has 26 heavy (non-hydrogen) atoms. The van der Waals surface area contributed by atoms with Crippen molar-refractivity contribution in [3.63, 3.8) is 0 Å². The summed E-state index contributed by atoms with van der Waals surface area (Å²) in [7, 11) is 1.21. The number of methoxy groups -OCH3 is 1. The SMILES string of the molecule is COC(=O)C1(C(O)c2ccccc2)CN1N1C(=O)c2ccccc2C1=O. The maximum Gasteiger partial charge on any atom is 0.332 e. The van der Waals surface area contributed by atoms with Crippen LogP contribution in [0.4, 0.5) is 0 Å². The van der Waals surface area contributed by atoms with Crippen molar-refractivity contribution in [2.75, 3.05) is 13.7 Å². The van der Waals surface area contributed by atoms with Crippen molar-refractivity contribution in [3.05, 3.63) is 71.3 Å². The molecule has 2 heterocycles. The lowest BCUT2D eigenvalue weighted by Gasteiger charge is -2.25. The number of aliphatic hydroxyl groups is 1. The number of hydrogen-bond acceptors (Lipinski definition) is 6. The zero-order chi connectivity index (χ0) is 18.5. The lowest BCUT2D eigenvalue weighted by molar-refractivity contribution is -0.150. The van der Waals surface area contributed by atoms with Gasteiger partial charge in [-0.1, -0.05) is 42.5 Å². The van der Waals surface area contributed by atoms with Gasteiger partial charge in [-0.3, -0.25) is 9.59 Å². The molecule has 2 aliphatic rings. The molecule has 2 aromatic rings. The molecule has 3 atom stereocenters. The molecule has 2 aromatic carbocycles. The second kappa shape index (κ2) is 5.76. The van der Waals surface area contributed by atoms with Crippen molar-refractivity contribution >= 4 is 17.8 Å². The average molecular weight is 352 g/mol. The molecule has 7 heteroatoms. The smallest absolute Gasteiger partial charge is 0.332 e. The molecule has 1 fully saturated rings.